The van der Waals surface area contributed by atoms with E-state index in [0.717, 1.165) is 5.56 Å². The zero-order chi connectivity index (χ0) is 21.5. The van der Waals surface area contributed by atoms with Crippen molar-refractivity contribution in [3.05, 3.63) is 78.4 Å². The predicted molar refractivity (Wildman–Crippen MR) is 108 cm³/mol. The number of amides is 3. The highest BCUT2D eigenvalue weighted by atomic mass is 16.5. The van der Waals surface area contributed by atoms with Crippen molar-refractivity contribution in [3.8, 4) is 11.3 Å². The van der Waals surface area contributed by atoms with Gasteiger partial charge in [0.15, 0.2) is 5.82 Å². The lowest BCUT2D eigenvalue weighted by Gasteiger charge is -2.18. The smallest absolute Gasteiger partial charge is 0.422 e. The van der Waals surface area contributed by atoms with E-state index in [1.807, 2.05) is 6.07 Å². The van der Waals surface area contributed by atoms with Crippen molar-refractivity contribution >= 4 is 29.8 Å². The minimum Gasteiger partial charge on any atom is -0.464 e. The van der Waals surface area contributed by atoms with Crippen LogP contribution in [0, 0.1) is 0 Å². The van der Waals surface area contributed by atoms with Gasteiger partial charge in [-0.3, -0.25) is 5.32 Å². The second-order valence-corrected chi connectivity index (χ2v) is 6.02. The summed E-state index contributed by atoms with van der Waals surface area (Å²) in [7, 11) is 0. The summed E-state index contributed by atoms with van der Waals surface area (Å²) in [5.74, 6) is -0.465. The summed E-state index contributed by atoms with van der Waals surface area (Å²) in [6, 6.07) is 20.6. The van der Waals surface area contributed by atoms with Crippen LogP contribution in [0.5, 0.6) is 0 Å². The number of aromatic nitrogens is 1. The lowest BCUT2D eigenvalue weighted by molar-refractivity contribution is 0.155. The summed E-state index contributed by atoms with van der Waals surface area (Å²) in [5, 5.41) is 21.0. The van der Waals surface area contributed by atoms with Crippen LogP contribution in [0.3, 0.4) is 0 Å². The van der Waals surface area contributed by atoms with Gasteiger partial charge in [-0.05, 0) is 17.7 Å². The molecule has 0 atom stereocenters. The molecular formula is C21H17N3O6. The molecule has 9 nitrogen and oxygen atoms in total. The number of pyridine rings is 1. The Kier molecular flexibility index (Phi) is 6.23. The molecule has 9 heteroatoms. The number of nitrogens with zero attached hydrogens (tertiary/aromatic N) is 2. The Morgan fingerprint density at radius 3 is 2.07 bits per heavy atom. The molecule has 0 saturated heterocycles. The quantitative estimate of drug-likeness (QED) is 0.561. The number of anilines is 2. The first-order valence-corrected chi connectivity index (χ1v) is 8.76. The topological polar surface area (TPSA) is 129 Å². The molecule has 0 fully saturated rings. The molecule has 1 aromatic heterocycles. The maximum atomic E-state index is 12.2. The van der Waals surface area contributed by atoms with Crippen molar-refractivity contribution in [2.45, 2.75) is 6.61 Å². The fourth-order valence-corrected chi connectivity index (χ4v) is 2.62. The summed E-state index contributed by atoms with van der Waals surface area (Å²) < 4.78 is 5.11. The molecule has 30 heavy (non-hydrogen) atoms. The Labute approximate surface area is 171 Å². The maximum Gasteiger partial charge on any atom is 0.422 e. The number of carboxylic acid groups (broad SMARTS) is 2. The molecular weight excluding hydrogens is 390 g/mol. The number of imide groups is 1. The summed E-state index contributed by atoms with van der Waals surface area (Å²) in [6.07, 6.45) is -4.41. The van der Waals surface area contributed by atoms with Gasteiger partial charge in [0.1, 0.15) is 6.61 Å². The molecule has 0 aliphatic heterocycles. The minimum atomic E-state index is -1.76. The fourth-order valence-electron chi connectivity index (χ4n) is 2.62. The Morgan fingerprint density at radius 2 is 1.47 bits per heavy atom. The van der Waals surface area contributed by atoms with Crippen molar-refractivity contribution in [1.29, 1.82) is 0 Å². The number of hydrogen-bond acceptors (Lipinski definition) is 5. The molecule has 0 bridgehead atoms. The number of ether oxygens (including phenoxy) is 1. The highest BCUT2D eigenvalue weighted by molar-refractivity contribution is 6.10. The number of nitrogens with one attached hydrogen (secondary N) is 1. The van der Waals surface area contributed by atoms with Crippen LogP contribution in [0.1, 0.15) is 5.56 Å². The first-order chi connectivity index (χ1) is 14.5. The van der Waals surface area contributed by atoms with Gasteiger partial charge in [-0.25, -0.2) is 19.4 Å². The molecule has 3 N–H and O–H groups in total. The first-order valence-electron chi connectivity index (χ1n) is 8.76. The molecule has 1 heterocycles. The van der Waals surface area contributed by atoms with Gasteiger partial charge in [0, 0.05) is 5.56 Å². The molecule has 0 saturated carbocycles. The molecule has 0 radical (unpaired) electrons. The van der Waals surface area contributed by atoms with Crippen LogP contribution < -0.4 is 10.2 Å². The van der Waals surface area contributed by atoms with E-state index in [0.29, 0.717) is 11.3 Å². The molecule has 3 amide bonds. The summed E-state index contributed by atoms with van der Waals surface area (Å²) in [5.41, 5.74) is 1.61. The molecule has 3 aromatic rings. The lowest BCUT2D eigenvalue weighted by atomic mass is 10.1. The Hall–Kier alpha value is -4.40. The first kappa shape index (κ1) is 20.3. The SMILES string of the molecule is O=C(Nc1ccc(-c2ccccc2)nc1N(C(=O)O)C(=O)O)OCc1ccccc1. The van der Waals surface area contributed by atoms with Gasteiger partial charge >= 0.3 is 18.3 Å². The molecule has 2 aromatic carbocycles. The van der Waals surface area contributed by atoms with Crippen molar-refractivity contribution in [1.82, 2.24) is 4.98 Å². The van der Waals surface area contributed by atoms with Gasteiger partial charge in [0.05, 0.1) is 11.4 Å². The fraction of sp³-hybridized carbons (Fsp3) is 0.0476. The zero-order valence-electron chi connectivity index (χ0n) is 15.6. The summed E-state index contributed by atoms with van der Waals surface area (Å²) >= 11 is 0. The second-order valence-electron chi connectivity index (χ2n) is 6.02. The number of rotatable bonds is 5. The largest absolute Gasteiger partial charge is 0.464 e. The van der Waals surface area contributed by atoms with Gasteiger partial charge in [0.25, 0.3) is 0 Å². The molecule has 0 aliphatic rings. The molecule has 0 unspecified atom stereocenters. The highest BCUT2D eigenvalue weighted by Crippen LogP contribution is 2.29. The van der Waals surface area contributed by atoms with Crippen molar-refractivity contribution in [2.75, 3.05) is 10.2 Å². The van der Waals surface area contributed by atoms with E-state index in [-0.39, 0.29) is 17.2 Å². The van der Waals surface area contributed by atoms with E-state index in [9.17, 15) is 24.6 Å². The molecule has 0 aliphatic carbocycles. The third-order valence-corrected chi connectivity index (χ3v) is 3.99. The van der Waals surface area contributed by atoms with Gasteiger partial charge in [-0.2, -0.15) is 4.90 Å². The Balaban J connectivity index is 1.89. The van der Waals surface area contributed by atoms with Crippen molar-refractivity contribution in [2.24, 2.45) is 0 Å². The van der Waals surface area contributed by atoms with E-state index in [1.54, 1.807) is 54.6 Å². The number of hydrogen-bond donors (Lipinski definition) is 3. The lowest BCUT2D eigenvalue weighted by Crippen LogP contribution is -2.36. The standard InChI is InChI=1S/C21H17N3O6/c25-19(30-13-14-7-3-1-4-8-14)23-17-12-11-16(15-9-5-2-6-10-15)22-18(17)24(20(26)27)21(28)29/h1-12H,13H2,(H,23,25)(H,26,27)(H,28,29). The van der Waals surface area contributed by atoms with Crippen molar-refractivity contribution < 1.29 is 29.3 Å². The van der Waals surface area contributed by atoms with Crippen LogP contribution in [0.25, 0.3) is 11.3 Å². The number of carbonyl (C=O) groups is 3. The summed E-state index contributed by atoms with van der Waals surface area (Å²) in [4.78, 5) is 39.4. The average Bonchev–Trinajstić information content (AvgIpc) is 2.74. The van der Waals surface area contributed by atoms with Crippen LogP contribution in [-0.2, 0) is 11.3 Å². The second kappa shape index (κ2) is 9.20. The van der Waals surface area contributed by atoms with E-state index in [4.69, 9.17) is 4.74 Å². The predicted octanol–water partition coefficient (Wildman–Crippen LogP) is 4.66. The van der Waals surface area contributed by atoms with Crippen LogP contribution in [-0.4, -0.2) is 33.5 Å². The summed E-state index contributed by atoms with van der Waals surface area (Å²) in [6.45, 7) is -0.0148. The van der Waals surface area contributed by atoms with Gasteiger partial charge in [0.2, 0.25) is 0 Å². The highest BCUT2D eigenvalue weighted by Gasteiger charge is 2.28. The molecule has 152 valence electrons. The minimum absolute atomic E-state index is 0.0148. The van der Waals surface area contributed by atoms with E-state index in [2.05, 4.69) is 10.3 Å². The van der Waals surface area contributed by atoms with Crippen LogP contribution in [0.2, 0.25) is 0 Å². The van der Waals surface area contributed by atoms with Gasteiger partial charge < -0.3 is 14.9 Å². The average molecular weight is 407 g/mol. The third kappa shape index (κ3) is 4.90. The van der Waals surface area contributed by atoms with Gasteiger partial charge in [-0.1, -0.05) is 60.7 Å². The normalized spacial score (nSPS) is 10.1. The zero-order valence-corrected chi connectivity index (χ0v) is 15.6. The van der Waals surface area contributed by atoms with E-state index in [1.165, 1.54) is 12.1 Å². The van der Waals surface area contributed by atoms with E-state index < -0.39 is 24.1 Å². The van der Waals surface area contributed by atoms with E-state index >= 15 is 0 Å². The van der Waals surface area contributed by atoms with Gasteiger partial charge in [-0.15, -0.1) is 0 Å². The molecule has 0 spiro atoms. The van der Waals surface area contributed by atoms with Crippen LogP contribution in [0.4, 0.5) is 25.9 Å². The Morgan fingerprint density at radius 1 is 0.867 bits per heavy atom. The van der Waals surface area contributed by atoms with Crippen molar-refractivity contribution in [3.63, 3.8) is 0 Å². The number of benzene rings is 2. The Bertz CT molecular complexity index is 1040. The van der Waals surface area contributed by atoms with Crippen LogP contribution >= 0.6 is 0 Å². The number of carbonyl (C=O) groups excluding carboxylic acids is 1. The third-order valence-electron chi connectivity index (χ3n) is 3.99. The van der Waals surface area contributed by atoms with Crippen LogP contribution in [0.15, 0.2) is 72.8 Å². The monoisotopic (exact) mass is 407 g/mol. The molecule has 3 rings (SSSR count). The maximum absolute atomic E-state index is 12.2.